The van der Waals surface area contributed by atoms with Gasteiger partial charge in [-0.1, -0.05) is 37.3 Å². The Bertz CT molecular complexity index is 894. The first kappa shape index (κ1) is 18.1. The van der Waals surface area contributed by atoms with Crippen LogP contribution < -0.4 is 5.32 Å². The van der Waals surface area contributed by atoms with Gasteiger partial charge in [-0.25, -0.2) is 4.98 Å². The van der Waals surface area contributed by atoms with Crippen molar-refractivity contribution >= 4 is 32.6 Å². The zero-order chi connectivity index (χ0) is 18.8. The van der Waals surface area contributed by atoms with Crippen LogP contribution in [0.1, 0.15) is 50.3 Å². The van der Waals surface area contributed by atoms with Gasteiger partial charge in [0.1, 0.15) is 0 Å². The molecule has 3 heterocycles. The molecule has 2 aromatic heterocycles. The number of carbonyl (C=O) groups is 1. The SMILES string of the molecule is CC(C)c1nnc(C2CCN(CC(=O)Nc3nc4ccccc4s3)CC2)o1. The van der Waals surface area contributed by atoms with Crippen LogP contribution in [0.25, 0.3) is 10.2 Å². The van der Waals surface area contributed by atoms with Crippen molar-refractivity contribution in [3.63, 3.8) is 0 Å². The largest absolute Gasteiger partial charge is 0.425 e. The molecule has 142 valence electrons. The maximum absolute atomic E-state index is 12.4. The number of likely N-dealkylation sites (tertiary alicyclic amines) is 1. The summed E-state index contributed by atoms with van der Waals surface area (Å²) in [6.45, 7) is 6.16. The van der Waals surface area contributed by atoms with Crippen molar-refractivity contribution in [1.29, 1.82) is 0 Å². The van der Waals surface area contributed by atoms with Crippen LogP contribution in [0.15, 0.2) is 28.7 Å². The maximum Gasteiger partial charge on any atom is 0.240 e. The summed E-state index contributed by atoms with van der Waals surface area (Å²) in [6.07, 6.45) is 1.85. The fourth-order valence-corrected chi connectivity index (χ4v) is 4.15. The first-order valence-electron chi connectivity index (χ1n) is 9.29. The van der Waals surface area contributed by atoms with E-state index in [1.165, 1.54) is 11.3 Å². The van der Waals surface area contributed by atoms with E-state index in [2.05, 4.69) is 25.4 Å². The quantitative estimate of drug-likeness (QED) is 0.722. The number of aromatic nitrogens is 3. The number of hydrogen-bond acceptors (Lipinski definition) is 7. The van der Waals surface area contributed by atoms with E-state index in [4.69, 9.17) is 4.42 Å². The smallest absolute Gasteiger partial charge is 0.240 e. The lowest BCUT2D eigenvalue weighted by Gasteiger charge is -2.29. The Kier molecular flexibility index (Phi) is 5.18. The van der Waals surface area contributed by atoms with Gasteiger partial charge in [0.05, 0.1) is 16.8 Å². The standard InChI is InChI=1S/C19H23N5O2S/c1-12(2)17-22-23-18(26-17)13-7-9-24(10-8-13)11-16(25)21-19-20-14-5-3-4-6-15(14)27-19/h3-6,12-13H,7-11H2,1-2H3,(H,20,21,25). The van der Waals surface area contributed by atoms with E-state index < -0.39 is 0 Å². The van der Waals surface area contributed by atoms with Gasteiger partial charge < -0.3 is 9.73 Å². The molecule has 1 fully saturated rings. The number of thiazole rings is 1. The first-order valence-corrected chi connectivity index (χ1v) is 10.1. The van der Waals surface area contributed by atoms with Crippen LogP contribution >= 0.6 is 11.3 Å². The molecule has 1 aromatic carbocycles. The second-order valence-electron chi connectivity index (χ2n) is 7.22. The Morgan fingerprint density at radius 1 is 1.30 bits per heavy atom. The van der Waals surface area contributed by atoms with E-state index in [-0.39, 0.29) is 17.7 Å². The molecule has 0 saturated carbocycles. The Morgan fingerprint density at radius 3 is 2.78 bits per heavy atom. The summed E-state index contributed by atoms with van der Waals surface area (Å²) in [4.78, 5) is 19.0. The zero-order valence-electron chi connectivity index (χ0n) is 15.5. The minimum Gasteiger partial charge on any atom is -0.425 e. The second kappa shape index (κ2) is 7.74. The third-order valence-electron chi connectivity index (χ3n) is 4.79. The minimum atomic E-state index is -0.0209. The third kappa shape index (κ3) is 4.17. The van der Waals surface area contributed by atoms with E-state index in [0.29, 0.717) is 17.6 Å². The van der Waals surface area contributed by atoms with Crippen molar-refractivity contribution in [2.45, 2.75) is 38.5 Å². The van der Waals surface area contributed by atoms with Gasteiger partial charge in [0, 0.05) is 11.8 Å². The van der Waals surface area contributed by atoms with Crippen molar-refractivity contribution in [2.75, 3.05) is 25.0 Å². The molecule has 27 heavy (non-hydrogen) atoms. The Morgan fingerprint density at radius 2 is 2.07 bits per heavy atom. The first-order chi connectivity index (χ1) is 13.1. The molecule has 4 rings (SSSR count). The Hall–Kier alpha value is -2.32. The summed E-state index contributed by atoms with van der Waals surface area (Å²) < 4.78 is 6.86. The van der Waals surface area contributed by atoms with Gasteiger partial charge in [0.2, 0.25) is 17.7 Å². The van der Waals surface area contributed by atoms with Crippen molar-refractivity contribution in [3.8, 4) is 0 Å². The van der Waals surface area contributed by atoms with E-state index in [0.717, 1.165) is 42.0 Å². The molecule has 3 aromatic rings. The fourth-order valence-electron chi connectivity index (χ4n) is 3.27. The number of anilines is 1. The number of benzene rings is 1. The van der Waals surface area contributed by atoms with Crippen molar-refractivity contribution in [1.82, 2.24) is 20.1 Å². The highest BCUT2D eigenvalue weighted by Crippen LogP contribution is 2.28. The molecule has 0 spiro atoms. The summed E-state index contributed by atoms with van der Waals surface area (Å²) >= 11 is 1.50. The van der Waals surface area contributed by atoms with Gasteiger partial charge in [-0.3, -0.25) is 9.69 Å². The molecule has 1 aliphatic heterocycles. The van der Waals surface area contributed by atoms with Crippen molar-refractivity contribution in [2.24, 2.45) is 0 Å². The molecule has 1 aliphatic rings. The highest BCUT2D eigenvalue weighted by molar-refractivity contribution is 7.22. The van der Waals surface area contributed by atoms with Crippen LogP contribution in [-0.4, -0.2) is 45.6 Å². The van der Waals surface area contributed by atoms with Crippen LogP contribution in [-0.2, 0) is 4.79 Å². The fraction of sp³-hybridized carbons (Fsp3) is 0.474. The molecule has 1 amide bonds. The lowest BCUT2D eigenvalue weighted by atomic mass is 9.97. The monoisotopic (exact) mass is 385 g/mol. The van der Waals surface area contributed by atoms with Crippen molar-refractivity contribution < 1.29 is 9.21 Å². The molecule has 1 saturated heterocycles. The number of fused-ring (bicyclic) bond motifs is 1. The van der Waals surface area contributed by atoms with Crippen LogP contribution in [0.3, 0.4) is 0 Å². The highest BCUT2D eigenvalue weighted by Gasteiger charge is 2.26. The average Bonchev–Trinajstić information content (AvgIpc) is 3.29. The predicted octanol–water partition coefficient (Wildman–Crippen LogP) is 3.62. The van der Waals surface area contributed by atoms with Gasteiger partial charge in [0.15, 0.2) is 5.13 Å². The summed E-state index contributed by atoms with van der Waals surface area (Å²) in [5, 5.41) is 11.9. The molecule has 0 atom stereocenters. The summed E-state index contributed by atoms with van der Waals surface area (Å²) in [5.74, 6) is 1.94. The van der Waals surface area contributed by atoms with Gasteiger partial charge >= 0.3 is 0 Å². The molecule has 1 N–H and O–H groups in total. The number of para-hydroxylation sites is 1. The molecule has 8 heteroatoms. The minimum absolute atomic E-state index is 0.0209. The molecule has 7 nitrogen and oxygen atoms in total. The third-order valence-corrected chi connectivity index (χ3v) is 5.75. The van der Waals surface area contributed by atoms with Crippen LogP contribution in [0.4, 0.5) is 5.13 Å². The summed E-state index contributed by atoms with van der Waals surface area (Å²) in [6, 6.07) is 7.89. The molecular formula is C19H23N5O2S. The normalized spacial score (nSPS) is 16.3. The predicted molar refractivity (Wildman–Crippen MR) is 105 cm³/mol. The average molecular weight is 385 g/mol. The van der Waals surface area contributed by atoms with E-state index >= 15 is 0 Å². The molecule has 0 bridgehead atoms. The van der Waals surface area contributed by atoms with Gasteiger partial charge in [-0.05, 0) is 38.1 Å². The number of nitrogens with one attached hydrogen (secondary N) is 1. The maximum atomic E-state index is 12.4. The number of amides is 1. The van der Waals surface area contributed by atoms with Crippen LogP contribution in [0.2, 0.25) is 0 Å². The number of hydrogen-bond donors (Lipinski definition) is 1. The molecule has 0 radical (unpaired) electrons. The van der Waals surface area contributed by atoms with Gasteiger partial charge in [-0.2, -0.15) is 0 Å². The number of piperidine rings is 1. The Labute approximate surface area is 161 Å². The number of carbonyl (C=O) groups excluding carboxylic acids is 1. The van der Waals surface area contributed by atoms with E-state index in [9.17, 15) is 4.79 Å². The number of nitrogens with zero attached hydrogens (tertiary/aromatic N) is 4. The van der Waals surface area contributed by atoms with Gasteiger partial charge in [-0.15, -0.1) is 10.2 Å². The van der Waals surface area contributed by atoms with E-state index in [1.54, 1.807) is 0 Å². The number of rotatable bonds is 5. The topological polar surface area (TPSA) is 84.2 Å². The summed E-state index contributed by atoms with van der Waals surface area (Å²) in [5.41, 5.74) is 0.916. The van der Waals surface area contributed by atoms with Gasteiger partial charge in [0.25, 0.3) is 0 Å². The lowest BCUT2D eigenvalue weighted by molar-refractivity contribution is -0.117. The second-order valence-corrected chi connectivity index (χ2v) is 8.25. The highest BCUT2D eigenvalue weighted by atomic mass is 32.1. The molecular weight excluding hydrogens is 362 g/mol. The Balaban J connectivity index is 1.28. The zero-order valence-corrected chi connectivity index (χ0v) is 16.3. The molecule has 0 aliphatic carbocycles. The van der Waals surface area contributed by atoms with E-state index in [1.807, 2.05) is 38.1 Å². The van der Waals surface area contributed by atoms with Crippen molar-refractivity contribution in [3.05, 3.63) is 36.0 Å². The lowest BCUT2D eigenvalue weighted by Crippen LogP contribution is -2.38. The van der Waals surface area contributed by atoms with Crippen LogP contribution in [0.5, 0.6) is 0 Å². The molecule has 0 unspecified atom stereocenters. The summed E-state index contributed by atoms with van der Waals surface area (Å²) in [7, 11) is 0. The van der Waals surface area contributed by atoms with Crippen LogP contribution in [0, 0.1) is 0 Å².